The molecule has 2 N–H and O–H groups in total. The van der Waals surface area contributed by atoms with Gasteiger partial charge in [-0.1, -0.05) is 5.16 Å². The van der Waals surface area contributed by atoms with Crippen LogP contribution in [-0.4, -0.2) is 87.1 Å². The van der Waals surface area contributed by atoms with Crippen LogP contribution in [-0.2, 0) is 4.74 Å². The van der Waals surface area contributed by atoms with Crippen LogP contribution in [0.1, 0.15) is 47.0 Å². The summed E-state index contributed by atoms with van der Waals surface area (Å²) in [5, 5.41) is 21.4. The Kier molecular flexibility index (Phi) is 6.76. The summed E-state index contributed by atoms with van der Waals surface area (Å²) in [7, 11) is 1.30. The van der Waals surface area contributed by atoms with E-state index in [0.717, 1.165) is 5.69 Å². The molecule has 2 saturated heterocycles. The van der Waals surface area contributed by atoms with Gasteiger partial charge in [-0.05, 0) is 49.6 Å². The number of rotatable bonds is 7. The quantitative estimate of drug-likeness (QED) is 0.309. The Hall–Kier alpha value is -4.66. The normalized spacial score (nSPS) is 18.6. The van der Waals surface area contributed by atoms with Gasteiger partial charge in [0.2, 0.25) is 18.1 Å². The number of anilines is 2. The number of likely N-dealkylation sites (tertiary alicyclic amines) is 1. The molecule has 3 aliphatic rings. The van der Waals surface area contributed by atoms with E-state index < -0.39 is 36.3 Å². The molecule has 7 rings (SSSR count). The average Bonchev–Trinajstić information content (AvgIpc) is 3.57. The van der Waals surface area contributed by atoms with Crippen LogP contribution in [0.3, 0.4) is 0 Å². The van der Waals surface area contributed by atoms with Crippen LogP contribution in [0.2, 0.25) is 0 Å². The van der Waals surface area contributed by atoms with Gasteiger partial charge in [-0.2, -0.15) is 10.1 Å². The Bertz CT molecular complexity index is 1800. The Morgan fingerprint density at radius 1 is 1.22 bits per heavy atom. The number of hydrogen-bond donors (Lipinski definition) is 2. The van der Waals surface area contributed by atoms with Gasteiger partial charge in [-0.3, -0.25) is 4.79 Å². The summed E-state index contributed by atoms with van der Waals surface area (Å²) in [6.07, 6.45) is 0.395. The number of benzene rings is 1. The molecule has 1 aromatic carbocycles. The first-order valence-electron chi connectivity index (χ1n) is 14.5. The number of halogens is 3. The van der Waals surface area contributed by atoms with Crippen LogP contribution in [0.25, 0.3) is 16.9 Å². The molecule has 236 valence electrons. The summed E-state index contributed by atoms with van der Waals surface area (Å²) < 4.78 is 52.2. The third-order valence-corrected chi connectivity index (χ3v) is 9.02. The monoisotopic (exact) mass is 625 g/mol. The van der Waals surface area contributed by atoms with Gasteiger partial charge in [0, 0.05) is 55.6 Å². The Labute approximate surface area is 254 Å². The highest BCUT2D eigenvalue weighted by Gasteiger charge is 2.60. The fraction of sp³-hybridized carbons (Fsp3) is 0.433. The zero-order valence-corrected chi connectivity index (χ0v) is 24.5. The van der Waals surface area contributed by atoms with E-state index in [9.17, 15) is 23.5 Å². The Balaban J connectivity index is 1.05. The zero-order chi connectivity index (χ0) is 31.7. The molecular weight excluding hydrogens is 595 g/mol. The molecule has 3 fully saturated rings. The minimum Gasteiger partial charge on any atom is -0.453 e. The maximum atomic E-state index is 15.0. The number of hydrogen-bond acceptors (Lipinski definition) is 9. The molecule has 0 unspecified atom stereocenters. The number of aliphatic hydroxyl groups is 1. The smallest absolute Gasteiger partial charge is 0.409 e. The second-order valence-electron chi connectivity index (χ2n) is 12.4. The van der Waals surface area contributed by atoms with Gasteiger partial charge in [-0.25, -0.2) is 22.5 Å². The van der Waals surface area contributed by atoms with E-state index in [-0.39, 0.29) is 28.6 Å². The highest BCUT2D eigenvalue weighted by Crippen LogP contribution is 2.56. The highest BCUT2D eigenvalue weighted by molar-refractivity contribution is 6.09. The van der Waals surface area contributed by atoms with E-state index in [1.165, 1.54) is 30.3 Å². The number of amides is 2. The first-order valence-corrected chi connectivity index (χ1v) is 14.5. The van der Waals surface area contributed by atoms with Crippen molar-refractivity contribution in [1.29, 1.82) is 0 Å². The molecule has 1 saturated carbocycles. The molecule has 0 bridgehead atoms. The third kappa shape index (κ3) is 5.14. The van der Waals surface area contributed by atoms with Crippen molar-refractivity contribution in [2.24, 2.45) is 5.41 Å². The molecule has 45 heavy (non-hydrogen) atoms. The maximum Gasteiger partial charge on any atom is 0.409 e. The molecule has 2 amide bonds. The lowest BCUT2D eigenvalue weighted by Crippen LogP contribution is -2.68. The van der Waals surface area contributed by atoms with E-state index in [1.54, 1.807) is 17.6 Å². The number of carbonyl (C=O) groups excluding carboxylic acids is 2. The molecule has 2 aliphatic heterocycles. The Morgan fingerprint density at radius 2 is 1.98 bits per heavy atom. The lowest BCUT2D eigenvalue weighted by Gasteiger charge is -2.63. The van der Waals surface area contributed by atoms with Crippen LogP contribution in [0, 0.1) is 18.2 Å². The third-order valence-electron chi connectivity index (χ3n) is 9.02. The van der Waals surface area contributed by atoms with Crippen molar-refractivity contribution in [1.82, 2.24) is 24.7 Å². The Morgan fingerprint density at radius 3 is 2.69 bits per heavy atom. The number of nitrogens with zero attached hydrogens (tertiary/aromatic N) is 6. The second-order valence-corrected chi connectivity index (χ2v) is 12.4. The van der Waals surface area contributed by atoms with Gasteiger partial charge >= 0.3 is 6.09 Å². The van der Waals surface area contributed by atoms with Crippen molar-refractivity contribution in [3.63, 3.8) is 0 Å². The van der Waals surface area contributed by atoms with E-state index in [1.807, 2.05) is 12.1 Å². The summed E-state index contributed by atoms with van der Waals surface area (Å²) in [5.74, 6) is -0.948. The zero-order valence-electron chi connectivity index (χ0n) is 24.5. The standard InChI is InChI=1S/C30H30F3N7O5/c1-16-5-21(31)19(25-36-27(45-37-25)17-10-38(11-17)28(42)44-2)7-22(16)35-26(41)20-9-34-40-4-3-18(6-23(20)40)39-14-29(15-39)12-30(43,13-29)8-24(32)33/h3-7,9,17,24,43H,8,10-15H2,1-2H3,(H,35,41). The summed E-state index contributed by atoms with van der Waals surface area (Å²) in [5.41, 5.74) is 1.11. The number of methoxy groups -OCH3 is 1. The lowest BCUT2D eigenvalue weighted by atomic mass is 9.54. The predicted octanol–water partition coefficient (Wildman–Crippen LogP) is 4.24. The van der Waals surface area contributed by atoms with Crippen LogP contribution in [0.5, 0.6) is 0 Å². The highest BCUT2D eigenvalue weighted by atomic mass is 19.3. The van der Waals surface area contributed by atoms with Crippen LogP contribution >= 0.6 is 0 Å². The molecule has 1 spiro atoms. The number of ether oxygens (including phenoxy) is 1. The van der Waals surface area contributed by atoms with Crippen molar-refractivity contribution in [2.75, 3.05) is 43.5 Å². The van der Waals surface area contributed by atoms with Crippen LogP contribution in [0.4, 0.5) is 29.3 Å². The van der Waals surface area contributed by atoms with Gasteiger partial charge in [0.15, 0.2) is 0 Å². The molecule has 4 aromatic rings. The summed E-state index contributed by atoms with van der Waals surface area (Å²) in [6, 6.07) is 6.43. The van der Waals surface area contributed by atoms with Gasteiger partial charge in [0.25, 0.3) is 5.91 Å². The molecule has 1 aliphatic carbocycles. The largest absolute Gasteiger partial charge is 0.453 e. The number of alkyl halides is 2. The van der Waals surface area contributed by atoms with Crippen molar-refractivity contribution in [3.8, 4) is 11.4 Å². The van der Waals surface area contributed by atoms with E-state index in [2.05, 4.69) is 25.5 Å². The van der Waals surface area contributed by atoms with Gasteiger partial charge in [0.05, 0.1) is 41.5 Å². The number of pyridine rings is 1. The van der Waals surface area contributed by atoms with Crippen LogP contribution in [0.15, 0.2) is 41.2 Å². The molecule has 15 heteroatoms. The minimum absolute atomic E-state index is 0.0153. The predicted molar refractivity (Wildman–Crippen MR) is 154 cm³/mol. The van der Waals surface area contributed by atoms with E-state index in [0.29, 0.717) is 61.4 Å². The van der Waals surface area contributed by atoms with Crippen molar-refractivity contribution in [2.45, 2.75) is 44.1 Å². The second kappa shape index (κ2) is 10.5. The van der Waals surface area contributed by atoms with Crippen molar-refractivity contribution in [3.05, 3.63) is 59.5 Å². The summed E-state index contributed by atoms with van der Waals surface area (Å²) in [4.78, 5) is 33.0. The summed E-state index contributed by atoms with van der Waals surface area (Å²) >= 11 is 0. The fourth-order valence-corrected chi connectivity index (χ4v) is 6.88. The van der Waals surface area contributed by atoms with Gasteiger partial charge in [-0.15, -0.1) is 0 Å². The summed E-state index contributed by atoms with van der Waals surface area (Å²) in [6.45, 7) is 3.61. The minimum atomic E-state index is -2.53. The van der Waals surface area contributed by atoms with Crippen molar-refractivity contribution < 1.29 is 37.1 Å². The van der Waals surface area contributed by atoms with E-state index in [4.69, 9.17) is 9.26 Å². The molecule has 12 nitrogen and oxygen atoms in total. The number of aromatic nitrogens is 4. The van der Waals surface area contributed by atoms with E-state index >= 15 is 4.39 Å². The lowest BCUT2D eigenvalue weighted by molar-refractivity contribution is -0.161. The van der Waals surface area contributed by atoms with Gasteiger partial charge in [0.1, 0.15) is 5.82 Å². The SMILES string of the molecule is COC(=O)N1CC(c2nc(-c3cc(NC(=O)c4cnn5ccc(N6CC7(C6)CC(O)(CC(F)F)C7)cc45)c(C)cc3F)no2)C1. The molecule has 5 heterocycles. The number of nitrogens with one attached hydrogen (secondary N) is 1. The first kappa shape index (κ1) is 29.1. The van der Waals surface area contributed by atoms with Gasteiger partial charge < -0.3 is 29.5 Å². The van der Waals surface area contributed by atoms with Crippen LogP contribution < -0.4 is 10.2 Å². The topological polar surface area (TPSA) is 138 Å². The fourth-order valence-electron chi connectivity index (χ4n) is 6.88. The molecular formula is C30H30F3N7O5. The first-order chi connectivity index (χ1) is 21.4. The average molecular weight is 626 g/mol. The number of fused-ring (bicyclic) bond motifs is 1. The van der Waals surface area contributed by atoms with Crippen molar-refractivity contribution >= 4 is 28.9 Å². The molecule has 0 radical (unpaired) electrons. The number of aryl methyl sites for hydroxylation is 1. The number of carbonyl (C=O) groups is 2. The molecule has 0 atom stereocenters. The maximum absolute atomic E-state index is 15.0. The molecule has 3 aromatic heterocycles.